The Morgan fingerprint density at radius 2 is 0.881 bits per heavy atom. The molecule has 3 fully saturated rings. The van der Waals surface area contributed by atoms with E-state index >= 15 is 4.79 Å². The molecule has 10 amide bonds. The van der Waals surface area contributed by atoms with Crippen molar-refractivity contribution in [2.45, 2.75) is 193 Å². The van der Waals surface area contributed by atoms with Gasteiger partial charge >= 0.3 is 0 Å². The molecule has 2 aromatic carbocycles. The van der Waals surface area contributed by atoms with Crippen molar-refractivity contribution < 1.29 is 47.9 Å². The van der Waals surface area contributed by atoms with Gasteiger partial charge < -0.3 is 53.2 Å². The second-order valence-corrected chi connectivity index (χ2v) is 24.1. The molecule has 24 heteroatoms. The summed E-state index contributed by atoms with van der Waals surface area (Å²) in [7, 11) is 0. The van der Waals surface area contributed by atoms with Crippen LogP contribution in [0.5, 0.6) is 0 Å². The predicted octanol–water partition coefficient (Wildman–Crippen LogP) is 0.400. The van der Waals surface area contributed by atoms with Gasteiger partial charge in [0, 0.05) is 25.9 Å². The second kappa shape index (κ2) is 32.3. The van der Waals surface area contributed by atoms with Crippen LogP contribution in [0.4, 0.5) is 0 Å². The summed E-state index contributed by atoms with van der Waals surface area (Å²) in [6.07, 6.45) is 1.77. The normalized spacial score (nSPS) is 26.5. The van der Waals surface area contributed by atoms with Crippen LogP contribution in [0, 0.1) is 23.7 Å². The van der Waals surface area contributed by atoms with Crippen LogP contribution in [0.15, 0.2) is 60.7 Å². The lowest BCUT2D eigenvalue weighted by molar-refractivity contribution is -0.151. The SMILES string of the molecule is CC(C)C[C@@H]1NC(=O)[C@H](CCCN)NC(=O)[C@H](C(C)C)NC(=O)[C@@H]2CCCN2C(=O)[C@@H](Cc2ccccc2)N(N)C(=O)[C@H](CC(C)C)NC(=O)[C@H](CCCN)N(N)C(=O)[C@H](C(C)C)NC(=O)[C@@H]2CCCN2C(=O)[C@@H](Cc2ccccc2)NC1=O. The van der Waals surface area contributed by atoms with Crippen molar-refractivity contribution in [2.75, 3.05) is 26.2 Å². The van der Waals surface area contributed by atoms with Crippen LogP contribution in [0.2, 0.25) is 0 Å². The summed E-state index contributed by atoms with van der Waals surface area (Å²) >= 11 is 0. The average Bonchev–Trinajstić information content (AvgIpc) is 4.06. The zero-order chi connectivity index (χ0) is 61.9. The van der Waals surface area contributed by atoms with E-state index in [1.54, 1.807) is 88.4 Å². The first-order valence-corrected chi connectivity index (χ1v) is 29.9. The van der Waals surface area contributed by atoms with Gasteiger partial charge in [-0.3, -0.25) is 58.0 Å². The molecule has 5 rings (SSSR count). The van der Waals surface area contributed by atoms with Crippen LogP contribution in [0.1, 0.15) is 131 Å². The maximum absolute atomic E-state index is 15.1. The standard InChI is InChI=1S/C60H94N14O10/c1-35(2)31-42-52(76)67-44(33-39-19-11-9-12-20-39)57(81)71-29-17-25-45(71)54(78)70-50(38(7)8)60(84)73(63)47(24-16-28-62)55(79)68-43(32-36(3)4)58(82)74(64)48(34-40-21-13-10-14-22-40)59(83)72-30-18-26-46(72)53(77)69-49(37(5)6)56(80)65-41(23-15-27-61)51(75)66-42/h9-14,19-22,35-38,41-50H,15-18,23-34,61-64H2,1-8H3,(H,65,80)(H,66,75)(H,67,76)(H,68,79)(H,69,77)(H,70,78)/t41-,42-,43-,44+,45-,46-,47-,48+,49-,50-/m0/s1. The van der Waals surface area contributed by atoms with E-state index in [-0.39, 0.29) is 102 Å². The van der Waals surface area contributed by atoms with Gasteiger partial charge in [-0.05, 0) is 112 Å². The molecule has 0 aromatic heterocycles. The van der Waals surface area contributed by atoms with Crippen LogP contribution in [-0.4, -0.2) is 165 Å². The maximum Gasteiger partial charge on any atom is 0.260 e. The van der Waals surface area contributed by atoms with Gasteiger partial charge in [-0.1, -0.05) is 116 Å². The first-order chi connectivity index (χ1) is 39.9. The topological polar surface area (TPSA) is 360 Å². The number of rotatable bonds is 16. The molecule has 2 aromatic rings. The molecule has 3 saturated heterocycles. The quantitative estimate of drug-likeness (QED) is 0.0804. The Bertz CT molecular complexity index is 2570. The largest absolute Gasteiger partial charge is 0.343 e. The van der Waals surface area contributed by atoms with E-state index in [4.69, 9.17) is 23.2 Å². The Morgan fingerprint density at radius 1 is 0.440 bits per heavy atom. The summed E-state index contributed by atoms with van der Waals surface area (Å²) in [6, 6.07) is 5.12. The Labute approximate surface area is 494 Å². The minimum atomic E-state index is -1.43. The summed E-state index contributed by atoms with van der Waals surface area (Å²) in [4.78, 5) is 150. The fourth-order valence-electron chi connectivity index (χ4n) is 11.2. The van der Waals surface area contributed by atoms with Crippen molar-refractivity contribution >= 4 is 59.1 Å². The highest BCUT2D eigenvalue weighted by Crippen LogP contribution is 2.25. The highest BCUT2D eigenvalue weighted by Gasteiger charge is 2.45. The number of carbonyl (C=O) groups is 10. The number of fused-ring (bicyclic) bond motifs is 2. The van der Waals surface area contributed by atoms with E-state index in [1.807, 2.05) is 27.7 Å². The Kier molecular flexibility index (Phi) is 26.1. The number of nitrogens with zero attached hydrogens (tertiary/aromatic N) is 4. The molecular formula is C60H94N14O10. The average molecular weight is 1170 g/mol. The number of benzene rings is 2. The van der Waals surface area contributed by atoms with Crippen molar-refractivity contribution in [1.29, 1.82) is 0 Å². The number of hydrazine groups is 2. The Balaban J connectivity index is 1.62. The molecule has 3 heterocycles. The van der Waals surface area contributed by atoms with Crippen LogP contribution < -0.4 is 55.1 Å². The lowest BCUT2D eigenvalue weighted by atomic mass is 9.98. The summed E-state index contributed by atoms with van der Waals surface area (Å²) < 4.78 is 0. The summed E-state index contributed by atoms with van der Waals surface area (Å²) in [5.74, 6) is 4.71. The first kappa shape index (κ1) is 67.8. The maximum atomic E-state index is 15.1. The third-order valence-electron chi connectivity index (χ3n) is 15.8. The van der Waals surface area contributed by atoms with Crippen molar-refractivity contribution in [2.24, 2.45) is 46.8 Å². The third-order valence-corrected chi connectivity index (χ3v) is 15.8. The molecule has 0 bridgehead atoms. The van der Waals surface area contributed by atoms with E-state index in [9.17, 15) is 43.2 Å². The van der Waals surface area contributed by atoms with E-state index in [0.29, 0.717) is 24.0 Å². The van der Waals surface area contributed by atoms with Gasteiger partial charge in [0.1, 0.15) is 60.4 Å². The van der Waals surface area contributed by atoms with E-state index in [2.05, 4.69) is 31.9 Å². The summed E-state index contributed by atoms with van der Waals surface area (Å²) in [5.41, 5.74) is 13.2. The highest BCUT2D eigenvalue weighted by molar-refractivity contribution is 6.00. The fourth-order valence-corrected chi connectivity index (χ4v) is 11.2. The lowest BCUT2D eigenvalue weighted by Crippen LogP contribution is -2.64. The zero-order valence-electron chi connectivity index (χ0n) is 50.4. The Hall–Kier alpha value is -7.02. The molecule has 3 aliphatic heterocycles. The Morgan fingerprint density at radius 3 is 1.40 bits per heavy atom. The monoisotopic (exact) mass is 1170 g/mol. The van der Waals surface area contributed by atoms with Gasteiger partial charge in [-0.15, -0.1) is 0 Å². The van der Waals surface area contributed by atoms with Crippen molar-refractivity contribution in [3.05, 3.63) is 71.8 Å². The van der Waals surface area contributed by atoms with Gasteiger partial charge in [-0.25, -0.2) is 11.7 Å². The molecule has 3 aliphatic rings. The molecule has 0 spiro atoms. The van der Waals surface area contributed by atoms with Crippen molar-refractivity contribution in [1.82, 2.24) is 51.7 Å². The number of hydrogen-bond donors (Lipinski definition) is 10. The fraction of sp³-hybridized carbons (Fsp3) is 0.633. The lowest BCUT2D eigenvalue weighted by Gasteiger charge is -2.36. The summed E-state index contributed by atoms with van der Waals surface area (Å²) in [5, 5.41) is 18.5. The van der Waals surface area contributed by atoms with Crippen LogP contribution in [0.25, 0.3) is 0 Å². The van der Waals surface area contributed by atoms with Crippen LogP contribution in [0.3, 0.4) is 0 Å². The molecule has 464 valence electrons. The molecule has 0 saturated carbocycles. The van der Waals surface area contributed by atoms with Gasteiger partial charge in [0.25, 0.3) is 11.8 Å². The van der Waals surface area contributed by atoms with Gasteiger partial charge in [0.15, 0.2) is 0 Å². The highest BCUT2D eigenvalue weighted by atomic mass is 16.2. The van der Waals surface area contributed by atoms with Gasteiger partial charge in [0.2, 0.25) is 47.3 Å². The molecule has 84 heavy (non-hydrogen) atoms. The zero-order valence-corrected chi connectivity index (χ0v) is 50.4. The molecule has 14 N–H and O–H groups in total. The molecular weight excluding hydrogens is 1080 g/mol. The third kappa shape index (κ3) is 18.5. The molecule has 0 unspecified atom stereocenters. The second-order valence-electron chi connectivity index (χ2n) is 24.1. The van der Waals surface area contributed by atoms with Crippen LogP contribution in [-0.2, 0) is 60.8 Å². The van der Waals surface area contributed by atoms with E-state index in [1.165, 1.54) is 9.80 Å². The first-order valence-electron chi connectivity index (χ1n) is 29.9. The minimum Gasteiger partial charge on any atom is -0.343 e. The molecule has 0 radical (unpaired) electrons. The van der Waals surface area contributed by atoms with Gasteiger partial charge in [-0.2, -0.15) is 0 Å². The van der Waals surface area contributed by atoms with Gasteiger partial charge in [0.05, 0.1) is 0 Å². The number of amides is 10. The molecule has 0 aliphatic carbocycles. The number of hydrogen-bond acceptors (Lipinski definition) is 14. The number of carbonyl (C=O) groups excluding carboxylic acids is 10. The van der Waals surface area contributed by atoms with Crippen LogP contribution >= 0.6 is 0 Å². The van der Waals surface area contributed by atoms with Crippen molar-refractivity contribution in [3.63, 3.8) is 0 Å². The minimum absolute atomic E-state index is 0.00552. The summed E-state index contributed by atoms with van der Waals surface area (Å²) in [6.45, 7) is 14.6. The smallest absolute Gasteiger partial charge is 0.260 e. The van der Waals surface area contributed by atoms with E-state index < -0.39 is 131 Å². The molecule has 24 nitrogen and oxygen atoms in total. The van der Waals surface area contributed by atoms with E-state index in [0.717, 1.165) is 10.0 Å². The number of nitrogens with one attached hydrogen (secondary N) is 6. The predicted molar refractivity (Wildman–Crippen MR) is 316 cm³/mol. The van der Waals surface area contributed by atoms with Crippen molar-refractivity contribution in [3.8, 4) is 0 Å². The molecule has 10 atom stereocenters. The number of nitrogens with two attached hydrogens (primary N) is 4.